The molecular weight excluding hydrogens is 328 g/mol. The average molecular weight is 346 g/mol. The number of ether oxygens (including phenoxy) is 6. The first-order chi connectivity index (χ1) is 11.3. The molecule has 0 saturated carbocycles. The highest BCUT2D eigenvalue weighted by Crippen LogP contribution is 2.31. The zero-order chi connectivity index (χ0) is 17.9. The predicted molar refractivity (Wildman–Crippen MR) is 72.2 cm³/mol. The molecule has 0 N–H and O–H groups in total. The normalized spacial score (nSPS) is 32.1. The second-order valence-electron chi connectivity index (χ2n) is 5.26. The maximum Gasteiger partial charge on any atom is 0.332 e. The number of rotatable bonds is 4. The van der Waals surface area contributed by atoms with Crippen LogP contribution in [0.2, 0.25) is 0 Å². The van der Waals surface area contributed by atoms with Crippen molar-refractivity contribution in [3.05, 3.63) is 0 Å². The molecule has 0 aromatic rings. The van der Waals surface area contributed by atoms with Gasteiger partial charge in [0, 0.05) is 20.8 Å². The lowest BCUT2D eigenvalue weighted by atomic mass is 9.98. The Labute approximate surface area is 137 Å². The van der Waals surface area contributed by atoms with Crippen LogP contribution >= 0.6 is 0 Å². The van der Waals surface area contributed by atoms with E-state index in [0.717, 1.165) is 13.8 Å². The third-order valence-corrected chi connectivity index (χ3v) is 3.28. The first-order valence-corrected chi connectivity index (χ1v) is 7.22. The zero-order valence-corrected chi connectivity index (χ0v) is 13.4. The minimum Gasteiger partial charge on any atom is -0.463 e. The van der Waals surface area contributed by atoms with Crippen molar-refractivity contribution in [2.24, 2.45) is 0 Å². The number of carbonyl (C=O) groups excluding carboxylic acids is 4. The van der Waals surface area contributed by atoms with Crippen LogP contribution in [-0.2, 0) is 47.6 Å². The van der Waals surface area contributed by atoms with Crippen LogP contribution in [0.1, 0.15) is 20.8 Å². The van der Waals surface area contributed by atoms with E-state index in [4.69, 9.17) is 28.4 Å². The second kappa shape index (κ2) is 7.58. The Morgan fingerprint density at radius 2 is 1.67 bits per heavy atom. The summed E-state index contributed by atoms with van der Waals surface area (Å²) in [4.78, 5) is 45.3. The van der Waals surface area contributed by atoms with E-state index in [-0.39, 0.29) is 13.2 Å². The number of hydrogen-bond donors (Lipinski definition) is 0. The van der Waals surface area contributed by atoms with Gasteiger partial charge in [0.1, 0.15) is 19.3 Å². The van der Waals surface area contributed by atoms with Crippen LogP contribution in [-0.4, -0.2) is 67.8 Å². The zero-order valence-electron chi connectivity index (χ0n) is 13.4. The first kappa shape index (κ1) is 18.1. The van der Waals surface area contributed by atoms with E-state index in [0.29, 0.717) is 0 Å². The predicted octanol–water partition coefficient (Wildman–Crippen LogP) is -0.920. The maximum atomic E-state index is 11.5. The summed E-state index contributed by atoms with van der Waals surface area (Å²) in [6.45, 7) is 2.91. The highest BCUT2D eigenvalue weighted by molar-refractivity contribution is 5.72. The first-order valence-electron chi connectivity index (χ1n) is 7.22. The summed E-state index contributed by atoms with van der Waals surface area (Å²) in [6, 6.07) is 0. The number of esters is 4. The fourth-order valence-electron chi connectivity index (χ4n) is 2.47. The van der Waals surface area contributed by atoms with Crippen LogP contribution in [0.25, 0.3) is 0 Å². The topological polar surface area (TPSA) is 124 Å². The van der Waals surface area contributed by atoms with Gasteiger partial charge in [0.25, 0.3) is 0 Å². The molecule has 10 nitrogen and oxygen atoms in total. The van der Waals surface area contributed by atoms with Gasteiger partial charge in [-0.3, -0.25) is 14.4 Å². The highest BCUT2D eigenvalue weighted by atomic mass is 16.8. The molecule has 0 aliphatic carbocycles. The van der Waals surface area contributed by atoms with Gasteiger partial charge in [-0.25, -0.2) is 4.79 Å². The molecule has 5 atom stereocenters. The standard InChI is InChI=1S/C14H18O10/c1-6(15)19-4-9-11(21-7(2)16)12(22-8(3)17)13-14(23-9)20-5-10(18)24-13/h9,11-14H,4-5H2,1-3H3/t9-,11+,12+,13-,14-/m1/s1. The maximum absolute atomic E-state index is 11.5. The van der Waals surface area contributed by atoms with E-state index in [2.05, 4.69) is 0 Å². The van der Waals surface area contributed by atoms with Gasteiger partial charge in [-0.1, -0.05) is 0 Å². The van der Waals surface area contributed by atoms with E-state index in [1.165, 1.54) is 6.92 Å². The van der Waals surface area contributed by atoms with Crippen molar-refractivity contribution in [2.75, 3.05) is 13.2 Å². The minimum atomic E-state index is -1.16. The van der Waals surface area contributed by atoms with Crippen LogP contribution in [0.5, 0.6) is 0 Å². The van der Waals surface area contributed by atoms with Gasteiger partial charge in [0.05, 0.1) is 0 Å². The van der Waals surface area contributed by atoms with Crippen LogP contribution < -0.4 is 0 Å². The fourth-order valence-corrected chi connectivity index (χ4v) is 2.47. The van der Waals surface area contributed by atoms with E-state index in [1.807, 2.05) is 0 Å². The average Bonchev–Trinajstić information content (AvgIpc) is 2.47. The van der Waals surface area contributed by atoms with E-state index in [9.17, 15) is 19.2 Å². The van der Waals surface area contributed by atoms with Crippen molar-refractivity contribution < 1.29 is 47.6 Å². The summed E-state index contributed by atoms with van der Waals surface area (Å²) in [5.41, 5.74) is 0. The summed E-state index contributed by atoms with van der Waals surface area (Å²) < 4.78 is 31.1. The molecule has 2 saturated heterocycles. The summed E-state index contributed by atoms with van der Waals surface area (Å²) in [7, 11) is 0. The molecule has 0 aromatic carbocycles. The summed E-state index contributed by atoms with van der Waals surface area (Å²) in [5, 5.41) is 0. The van der Waals surface area contributed by atoms with Gasteiger partial charge >= 0.3 is 23.9 Å². The second-order valence-corrected chi connectivity index (χ2v) is 5.26. The smallest absolute Gasteiger partial charge is 0.332 e. The lowest BCUT2D eigenvalue weighted by Crippen LogP contribution is -2.64. The van der Waals surface area contributed by atoms with Crippen molar-refractivity contribution >= 4 is 23.9 Å². The van der Waals surface area contributed by atoms with Crippen LogP contribution in [0.3, 0.4) is 0 Å². The van der Waals surface area contributed by atoms with E-state index >= 15 is 0 Å². The monoisotopic (exact) mass is 346 g/mol. The summed E-state index contributed by atoms with van der Waals surface area (Å²) >= 11 is 0. The minimum absolute atomic E-state index is 0.258. The molecule has 10 heteroatoms. The van der Waals surface area contributed by atoms with Gasteiger partial charge in [-0.2, -0.15) is 0 Å². The molecule has 0 aromatic heterocycles. The Kier molecular flexibility index (Phi) is 5.73. The third kappa shape index (κ3) is 4.42. The molecule has 0 bridgehead atoms. The number of hydrogen-bond acceptors (Lipinski definition) is 10. The van der Waals surface area contributed by atoms with Crippen molar-refractivity contribution in [2.45, 2.75) is 51.5 Å². The molecule has 0 spiro atoms. The number of carbonyl (C=O) groups is 4. The summed E-state index contributed by atoms with van der Waals surface area (Å²) in [6.07, 6.45) is -5.40. The van der Waals surface area contributed by atoms with E-state index in [1.54, 1.807) is 0 Å². The molecule has 0 unspecified atom stereocenters. The van der Waals surface area contributed by atoms with Crippen molar-refractivity contribution in [1.82, 2.24) is 0 Å². The molecular formula is C14H18O10. The molecule has 2 heterocycles. The highest BCUT2D eigenvalue weighted by Gasteiger charge is 2.54. The molecule has 2 fully saturated rings. The molecule has 0 amide bonds. The molecule has 2 rings (SSSR count). The van der Waals surface area contributed by atoms with E-state index < -0.39 is 54.6 Å². The molecule has 0 radical (unpaired) electrons. The largest absolute Gasteiger partial charge is 0.463 e. The summed E-state index contributed by atoms with van der Waals surface area (Å²) in [5.74, 6) is -2.58. The Bertz CT molecular complexity index is 530. The third-order valence-electron chi connectivity index (χ3n) is 3.28. The lowest BCUT2D eigenvalue weighted by molar-refractivity contribution is -0.323. The van der Waals surface area contributed by atoms with Crippen LogP contribution in [0.15, 0.2) is 0 Å². The molecule has 2 aliphatic heterocycles. The van der Waals surface area contributed by atoms with Gasteiger partial charge in [0.2, 0.25) is 0 Å². The van der Waals surface area contributed by atoms with Crippen LogP contribution in [0, 0.1) is 0 Å². The quantitative estimate of drug-likeness (QED) is 0.466. The Balaban J connectivity index is 2.27. The van der Waals surface area contributed by atoms with Crippen molar-refractivity contribution in [1.29, 1.82) is 0 Å². The molecule has 24 heavy (non-hydrogen) atoms. The van der Waals surface area contributed by atoms with Crippen molar-refractivity contribution in [3.8, 4) is 0 Å². The van der Waals surface area contributed by atoms with Gasteiger partial charge in [0.15, 0.2) is 24.6 Å². The molecule has 134 valence electrons. The van der Waals surface area contributed by atoms with Crippen LogP contribution in [0.4, 0.5) is 0 Å². The number of fused-ring (bicyclic) bond motifs is 1. The Morgan fingerprint density at radius 1 is 1.04 bits per heavy atom. The fraction of sp³-hybridized carbons (Fsp3) is 0.714. The van der Waals surface area contributed by atoms with Gasteiger partial charge in [-0.05, 0) is 0 Å². The Hall–Kier alpha value is -2.20. The lowest BCUT2D eigenvalue weighted by Gasteiger charge is -2.45. The Morgan fingerprint density at radius 3 is 2.25 bits per heavy atom. The van der Waals surface area contributed by atoms with Gasteiger partial charge < -0.3 is 28.4 Å². The SMILES string of the molecule is CC(=O)OC[C@H]1O[C@H]2OCC(=O)O[C@@H]2[C@@H](OC(C)=O)[C@H]1OC(C)=O. The van der Waals surface area contributed by atoms with Gasteiger partial charge in [-0.15, -0.1) is 0 Å². The van der Waals surface area contributed by atoms with Crippen molar-refractivity contribution in [3.63, 3.8) is 0 Å². The molecule has 2 aliphatic rings.